The van der Waals surface area contributed by atoms with Gasteiger partial charge in [-0.3, -0.25) is 4.79 Å². The lowest BCUT2D eigenvalue weighted by molar-refractivity contribution is 0.0996. The lowest BCUT2D eigenvalue weighted by Gasteiger charge is -2.28. The predicted molar refractivity (Wildman–Crippen MR) is 150 cm³/mol. The molecule has 2 heterocycles. The predicted octanol–water partition coefficient (Wildman–Crippen LogP) is 4.84. The first kappa shape index (κ1) is 26.5. The SMILES string of the molecule is CCOCCn1c(=NC(=O)c2ccc(S(=O)(=O)N3CCc4ccccc4C3)cc2)sc2cc(C)c(C)cc21. The zero-order valence-electron chi connectivity index (χ0n) is 21.8. The van der Waals surface area contributed by atoms with Crippen molar-refractivity contribution in [1.82, 2.24) is 8.87 Å². The van der Waals surface area contributed by atoms with Crippen LogP contribution in [0.1, 0.15) is 39.5 Å². The highest BCUT2D eigenvalue weighted by Crippen LogP contribution is 2.26. The molecule has 0 unspecified atom stereocenters. The van der Waals surface area contributed by atoms with Gasteiger partial charge in [-0.15, -0.1) is 0 Å². The molecule has 0 saturated heterocycles. The second-order valence-electron chi connectivity index (χ2n) is 9.44. The molecule has 0 N–H and O–H groups in total. The number of ether oxygens (including phenoxy) is 1. The van der Waals surface area contributed by atoms with Gasteiger partial charge in [0.2, 0.25) is 10.0 Å². The molecule has 7 nitrogen and oxygen atoms in total. The Morgan fingerprint density at radius 1 is 1.03 bits per heavy atom. The molecule has 1 aliphatic rings. The van der Waals surface area contributed by atoms with Crippen molar-refractivity contribution in [2.24, 2.45) is 4.99 Å². The van der Waals surface area contributed by atoms with Crippen LogP contribution in [-0.2, 0) is 34.3 Å². The Kier molecular flexibility index (Phi) is 7.63. The number of thiazole rings is 1. The summed E-state index contributed by atoms with van der Waals surface area (Å²) in [7, 11) is -3.68. The molecule has 3 aromatic carbocycles. The standard InChI is InChI=1S/C29H31N3O4S2/c1-4-36-16-15-32-26-17-20(2)21(3)18-27(26)37-29(32)30-28(33)23-9-11-25(12-10-23)38(34,35)31-14-13-22-7-5-6-8-24(22)19-31/h5-12,17-18H,4,13-16,19H2,1-3H3. The summed E-state index contributed by atoms with van der Waals surface area (Å²) in [6.07, 6.45) is 0.683. The van der Waals surface area contributed by atoms with Crippen LogP contribution in [0.4, 0.5) is 0 Å². The molecule has 0 fully saturated rings. The summed E-state index contributed by atoms with van der Waals surface area (Å²) in [6, 6.07) is 18.2. The Hall–Kier alpha value is -3.11. The van der Waals surface area contributed by atoms with Crippen molar-refractivity contribution in [3.63, 3.8) is 0 Å². The zero-order chi connectivity index (χ0) is 26.9. The fourth-order valence-corrected chi connectivity index (χ4v) is 7.22. The topological polar surface area (TPSA) is 81.0 Å². The highest BCUT2D eigenvalue weighted by molar-refractivity contribution is 7.89. The number of hydrogen-bond donors (Lipinski definition) is 0. The van der Waals surface area contributed by atoms with Gasteiger partial charge in [-0.25, -0.2) is 8.42 Å². The Morgan fingerprint density at radius 3 is 2.47 bits per heavy atom. The molecule has 0 aliphatic carbocycles. The zero-order valence-corrected chi connectivity index (χ0v) is 23.4. The molecule has 1 aliphatic heterocycles. The molecule has 0 atom stereocenters. The maximum Gasteiger partial charge on any atom is 0.279 e. The van der Waals surface area contributed by atoms with Crippen LogP contribution in [0.5, 0.6) is 0 Å². The van der Waals surface area contributed by atoms with Crippen LogP contribution in [0.3, 0.4) is 0 Å². The summed E-state index contributed by atoms with van der Waals surface area (Å²) >= 11 is 1.47. The Bertz CT molecular complexity index is 1670. The van der Waals surface area contributed by atoms with E-state index in [0.717, 1.165) is 15.8 Å². The van der Waals surface area contributed by atoms with E-state index in [1.807, 2.05) is 35.8 Å². The van der Waals surface area contributed by atoms with Gasteiger partial charge in [0.1, 0.15) is 0 Å². The molecular weight excluding hydrogens is 518 g/mol. The van der Waals surface area contributed by atoms with E-state index in [1.165, 1.54) is 44.5 Å². The smallest absolute Gasteiger partial charge is 0.279 e. The largest absolute Gasteiger partial charge is 0.380 e. The minimum atomic E-state index is -3.68. The molecule has 4 aromatic rings. The van der Waals surface area contributed by atoms with Crippen LogP contribution in [0.25, 0.3) is 10.2 Å². The van der Waals surface area contributed by atoms with Crippen LogP contribution < -0.4 is 4.80 Å². The van der Waals surface area contributed by atoms with Gasteiger partial charge in [0.25, 0.3) is 5.91 Å². The van der Waals surface area contributed by atoms with Gasteiger partial charge in [0.15, 0.2) is 4.80 Å². The first-order valence-corrected chi connectivity index (χ1v) is 15.0. The molecule has 198 valence electrons. The fourth-order valence-electron chi connectivity index (χ4n) is 4.67. The van der Waals surface area contributed by atoms with Crippen LogP contribution in [0.15, 0.2) is 70.6 Å². The summed E-state index contributed by atoms with van der Waals surface area (Å²) in [4.78, 5) is 18.4. The van der Waals surface area contributed by atoms with Crippen molar-refractivity contribution in [3.05, 3.63) is 93.3 Å². The summed E-state index contributed by atoms with van der Waals surface area (Å²) in [5, 5.41) is 0. The van der Waals surface area contributed by atoms with E-state index in [2.05, 4.69) is 31.0 Å². The van der Waals surface area contributed by atoms with E-state index in [-0.39, 0.29) is 4.90 Å². The van der Waals surface area contributed by atoms with Crippen molar-refractivity contribution in [3.8, 4) is 0 Å². The Morgan fingerprint density at radius 2 is 1.74 bits per heavy atom. The minimum absolute atomic E-state index is 0.174. The lowest BCUT2D eigenvalue weighted by atomic mass is 10.0. The van der Waals surface area contributed by atoms with Gasteiger partial charge >= 0.3 is 0 Å². The molecular formula is C29H31N3O4S2. The van der Waals surface area contributed by atoms with Crippen LogP contribution >= 0.6 is 11.3 Å². The van der Waals surface area contributed by atoms with Crippen molar-refractivity contribution in [1.29, 1.82) is 0 Å². The van der Waals surface area contributed by atoms with Crippen LogP contribution in [0.2, 0.25) is 0 Å². The number of benzene rings is 3. The number of fused-ring (bicyclic) bond motifs is 2. The van der Waals surface area contributed by atoms with E-state index < -0.39 is 15.9 Å². The van der Waals surface area contributed by atoms with E-state index in [0.29, 0.717) is 49.6 Å². The van der Waals surface area contributed by atoms with E-state index in [9.17, 15) is 13.2 Å². The third-order valence-corrected chi connectivity index (χ3v) is 9.89. The number of nitrogens with zero attached hydrogens (tertiary/aromatic N) is 3. The van der Waals surface area contributed by atoms with Crippen molar-refractivity contribution < 1.29 is 17.9 Å². The quantitative estimate of drug-likeness (QED) is 0.309. The maximum absolute atomic E-state index is 13.3. The average Bonchev–Trinajstić information content (AvgIpc) is 3.24. The monoisotopic (exact) mass is 549 g/mol. The van der Waals surface area contributed by atoms with Gasteiger partial charge in [0, 0.05) is 31.8 Å². The Balaban J connectivity index is 1.42. The highest BCUT2D eigenvalue weighted by Gasteiger charge is 2.28. The third kappa shape index (κ3) is 5.24. The molecule has 0 bridgehead atoms. The normalized spacial score (nSPS) is 14.7. The minimum Gasteiger partial charge on any atom is -0.380 e. The molecule has 0 saturated carbocycles. The van der Waals surface area contributed by atoms with E-state index >= 15 is 0 Å². The van der Waals surface area contributed by atoms with Crippen molar-refractivity contribution >= 4 is 37.5 Å². The number of rotatable bonds is 7. The third-order valence-electron chi connectivity index (χ3n) is 6.99. The molecule has 5 rings (SSSR count). The summed E-state index contributed by atoms with van der Waals surface area (Å²) in [5.74, 6) is -0.411. The van der Waals surface area contributed by atoms with Gasteiger partial charge in [-0.1, -0.05) is 35.6 Å². The lowest BCUT2D eigenvalue weighted by Crippen LogP contribution is -2.35. The number of hydrogen-bond acceptors (Lipinski definition) is 5. The first-order valence-electron chi connectivity index (χ1n) is 12.7. The highest BCUT2D eigenvalue weighted by atomic mass is 32.2. The van der Waals surface area contributed by atoms with E-state index in [1.54, 1.807) is 12.1 Å². The van der Waals surface area contributed by atoms with Gasteiger partial charge in [-0.2, -0.15) is 9.30 Å². The molecule has 1 aromatic heterocycles. The van der Waals surface area contributed by atoms with Gasteiger partial charge in [0.05, 0.1) is 21.7 Å². The first-order chi connectivity index (χ1) is 18.3. The number of aryl methyl sites for hydroxylation is 2. The van der Waals surface area contributed by atoms with Crippen molar-refractivity contribution in [2.45, 2.75) is 45.2 Å². The summed E-state index contributed by atoms with van der Waals surface area (Å²) < 4.78 is 36.7. The van der Waals surface area contributed by atoms with Gasteiger partial charge < -0.3 is 9.30 Å². The molecule has 1 amide bonds. The average molecular weight is 550 g/mol. The number of sulfonamides is 1. The maximum atomic E-state index is 13.3. The summed E-state index contributed by atoms with van der Waals surface area (Å²) in [6.45, 7) is 8.59. The van der Waals surface area contributed by atoms with Gasteiger partial charge in [-0.05, 0) is 85.8 Å². The number of aromatic nitrogens is 1. The second-order valence-corrected chi connectivity index (χ2v) is 12.4. The second kappa shape index (κ2) is 10.9. The van der Waals surface area contributed by atoms with Crippen LogP contribution in [0, 0.1) is 13.8 Å². The number of amides is 1. The van der Waals surface area contributed by atoms with E-state index in [4.69, 9.17) is 4.74 Å². The number of carbonyl (C=O) groups excluding carboxylic acids is 1. The fraction of sp³-hybridized carbons (Fsp3) is 0.310. The Labute approximate surface area is 227 Å². The number of carbonyl (C=O) groups is 1. The molecule has 9 heteroatoms. The molecule has 38 heavy (non-hydrogen) atoms. The molecule has 0 spiro atoms. The van der Waals surface area contributed by atoms with Crippen molar-refractivity contribution in [2.75, 3.05) is 19.8 Å². The van der Waals surface area contributed by atoms with Crippen LogP contribution in [-0.4, -0.2) is 43.0 Å². The summed E-state index contributed by atoms with van der Waals surface area (Å²) in [5.41, 5.74) is 5.93. The molecule has 0 radical (unpaired) electrons.